The van der Waals surface area contributed by atoms with E-state index in [4.69, 9.17) is 0 Å². The van der Waals surface area contributed by atoms with Crippen LogP contribution < -0.4 is 0 Å². The highest BCUT2D eigenvalue weighted by atomic mass is 16.1. The molecule has 0 amide bonds. The van der Waals surface area contributed by atoms with Crippen LogP contribution in [0.1, 0.15) is 16.1 Å². The number of hydrogen-bond donors (Lipinski definition) is 0. The lowest BCUT2D eigenvalue weighted by Gasteiger charge is -1.95. The van der Waals surface area contributed by atoms with Gasteiger partial charge in [-0.25, -0.2) is 0 Å². The average Bonchev–Trinajstić information content (AvgIpc) is 2.45. The molecule has 2 aromatic rings. The van der Waals surface area contributed by atoms with E-state index < -0.39 is 0 Å². The quantitative estimate of drug-likeness (QED) is 0.617. The number of carbonyl (C=O) groups excluding carboxylic acids is 1. The monoisotopic (exact) mass is 174 g/mol. The summed E-state index contributed by atoms with van der Waals surface area (Å²) in [5, 5.41) is 5.08. The van der Waals surface area contributed by atoms with E-state index in [1.165, 1.54) is 0 Å². The van der Waals surface area contributed by atoms with Crippen LogP contribution in [0.15, 0.2) is 18.2 Å². The van der Waals surface area contributed by atoms with Gasteiger partial charge in [-0.3, -0.25) is 9.48 Å². The van der Waals surface area contributed by atoms with Crippen molar-refractivity contribution >= 4 is 17.2 Å². The molecule has 0 saturated carbocycles. The number of nitrogens with zero attached hydrogens (tertiary/aromatic N) is 2. The molecule has 3 heteroatoms. The fraction of sp³-hybridized carbons (Fsp3) is 0.200. The molecule has 0 aliphatic heterocycles. The van der Waals surface area contributed by atoms with Crippen LogP contribution in [0.25, 0.3) is 10.9 Å². The van der Waals surface area contributed by atoms with Crippen LogP contribution in [0.3, 0.4) is 0 Å². The van der Waals surface area contributed by atoms with Gasteiger partial charge < -0.3 is 0 Å². The predicted octanol–water partition coefficient (Wildman–Crippen LogP) is 1.69. The Morgan fingerprint density at radius 2 is 2.23 bits per heavy atom. The lowest BCUT2D eigenvalue weighted by atomic mass is 10.1. The third kappa shape index (κ3) is 1.04. The molecule has 66 valence electrons. The summed E-state index contributed by atoms with van der Waals surface area (Å²) in [5.74, 6) is 0. The van der Waals surface area contributed by atoms with Crippen molar-refractivity contribution < 1.29 is 4.79 Å². The fourth-order valence-corrected chi connectivity index (χ4v) is 1.60. The van der Waals surface area contributed by atoms with Crippen LogP contribution in [0.4, 0.5) is 0 Å². The van der Waals surface area contributed by atoms with E-state index >= 15 is 0 Å². The number of rotatable bonds is 1. The average molecular weight is 174 g/mol. The second kappa shape index (κ2) is 2.69. The van der Waals surface area contributed by atoms with Crippen molar-refractivity contribution in [3.8, 4) is 0 Å². The first-order chi connectivity index (χ1) is 6.24. The third-order valence-electron chi connectivity index (χ3n) is 2.22. The number of aryl methyl sites for hydroxylation is 2. The Morgan fingerprint density at radius 3 is 2.92 bits per heavy atom. The predicted molar refractivity (Wildman–Crippen MR) is 50.8 cm³/mol. The first-order valence-electron chi connectivity index (χ1n) is 4.11. The summed E-state index contributed by atoms with van der Waals surface area (Å²) in [7, 11) is 1.84. The molecule has 0 atom stereocenters. The van der Waals surface area contributed by atoms with Crippen LogP contribution >= 0.6 is 0 Å². The first-order valence-corrected chi connectivity index (χ1v) is 4.11. The van der Waals surface area contributed by atoms with Gasteiger partial charge in [0.15, 0.2) is 6.29 Å². The third-order valence-corrected chi connectivity index (χ3v) is 2.22. The first kappa shape index (κ1) is 7.98. The van der Waals surface area contributed by atoms with Crippen LogP contribution in [0.5, 0.6) is 0 Å². The molecule has 0 fully saturated rings. The summed E-state index contributed by atoms with van der Waals surface area (Å²) < 4.78 is 1.73. The number of aromatic nitrogens is 2. The summed E-state index contributed by atoms with van der Waals surface area (Å²) in [6.45, 7) is 1.98. The Labute approximate surface area is 76.0 Å². The van der Waals surface area contributed by atoms with Crippen LogP contribution in [-0.4, -0.2) is 16.1 Å². The number of hydrogen-bond acceptors (Lipinski definition) is 2. The zero-order valence-electron chi connectivity index (χ0n) is 7.61. The smallest absolute Gasteiger partial charge is 0.170 e. The molecule has 1 heterocycles. The van der Waals surface area contributed by atoms with Gasteiger partial charge >= 0.3 is 0 Å². The Balaban J connectivity index is 2.96. The van der Waals surface area contributed by atoms with Crippen molar-refractivity contribution in [2.75, 3.05) is 0 Å². The summed E-state index contributed by atoms with van der Waals surface area (Å²) >= 11 is 0. The van der Waals surface area contributed by atoms with Crippen molar-refractivity contribution in [1.29, 1.82) is 0 Å². The molecule has 0 spiro atoms. The van der Waals surface area contributed by atoms with E-state index in [9.17, 15) is 4.79 Å². The molecule has 0 aliphatic carbocycles. The standard InChI is InChI=1S/C10H10N2O/c1-7-4-3-5-9-10(7)8(6-13)11-12(9)2/h3-6H,1-2H3. The van der Waals surface area contributed by atoms with Gasteiger partial charge in [0.1, 0.15) is 5.69 Å². The summed E-state index contributed by atoms with van der Waals surface area (Å²) in [6, 6.07) is 5.91. The second-order valence-corrected chi connectivity index (χ2v) is 3.10. The van der Waals surface area contributed by atoms with Gasteiger partial charge in [-0.15, -0.1) is 0 Å². The molecule has 0 bridgehead atoms. The molecule has 0 aliphatic rings. The molecule has 3 nitrogen and oxygen atoms in total. The number of carbonyl (C=O) groups is 1. The highest BCUT2D eigenvalue weighted by Crippen LogP contribution is 2.20. The van der Waals surface area contributed by atoms with Gasteiger partial charge in [-0.2, -0.15) is 5.10 Å². The maximum absolute atomic E-state index is 10.7. The van der Waals surface area contributed by atoms with Crippen LogP contribution in [0, 0.1) is 6.92 Å². The summed E-state index contributed by atoms with van der Waals surface area (Å²) in [4.78, 5) is 10.7. The van der Waals surface area contributed by atoms with Crippen LogP contribution in [-0.2, 0) is 7.05 Å². The number of aldehydes is 1. The van der Waals surface area contributed by atoms with Gasteiger partial charge in [0.05, 0.1) is 5.52 Å². The lowest BCUT2D eigenvalue weighted by Crippen LogP contribution is -1.90. The van der Waals surface area contributed by atoms with Gasteiger partial charge in [-0.05, 0) is 18.6 Å². The Kier molecular flexibility index (Phi) is 1.65. The molecule has 0 radical (unpaired) electrons. The normalized spacial score (nSPS) is 10.6. The molecule has 2 rings (SSSR count). The minimum atomic E-state index is 0.524. The minimum Gasteiger partial charge on any atom is -0.296 e. The Morgan fingerprint density at radius 1 is 1.46 bits per heavy atom. The zero-order valence-corrected chi connectivity index (χ0v) is 7.61. The van der Waals surface area contributed by atoms with Crippen LogP contribution in [0.2, 0.25) is 0 Å². The minimum absolute atomic E-state index is 0.524. The molecule has 1 aromatic carbocycles. The van der Waals surface area contributed by atoms with E-state index in [0.29, 0.717) is 5.69 Å². The van der Waals surface area contributed by atoms with E-state index in [0.717, 1.165) is 22.8 Å². The SMILES string of the molecule is Cc1cccc2c1c(C=O)nn2C. The maximum Gasteiger partial charge on any atom is 0.170 e. The molecule has 0 unspecified atom stereocenters. The molecular formula is C10H10N2O. The lowest BCUT2D eigenvalue weighted by molar-refractivity contribution is 0.111. The van der Waals surface area contributed by atoms with Gasteiger partial charge in [0.25, 0.3) is 0 Å². The van der Waals surface area contributed by atoms with E-state index in [1.807, 2.05) is 32.2 Å². The van der Waals surface area contributed by atoms with Crippen molar-refractivity contribution in [2.24, 2.45) is 7.05 Å². The van der Waals surface area contributed by atoms with Crippen molar-refractivity contribution in [2.45, 2.75) is 6.92 Å². The van der Waals surface area contributed by atoms with Crippen molar-refractivity contribution in [1.82, 2.24) is 9.78 Å². The molecule has 0 saturated heterocycles. The number of benzene rings is 1. The number of fused-ring (bicyclic) bond motifs is 1. The molecule has 1 aromatic heterocycles. The van der Waals surface area contributed by atoms with Gasteiger partial charge in [0, 0.05) is 12.4 Å². The maximum atomic E-state index is 10.7. The summed E-state index contributed by atoms with van der Waals surface area (Å²) in [5.41, 5.74) is 2.62. The van der Waals surface area contributed by atoms with Crippen molar-refractivity contribution in [3.05, 3.63) is 29.5 Å². The topological polar surface area (TPSA) is 34.9 Å². The molecular weight excluding hydrogens is 164 g/mol. The van der Waals surface area contributed by atoms with Gasteiger partial charge in [0.2, 0.25) is 0 Å². The highest BCUT2D eigenvalue weighted by molar-refractivity contribution is 5.97. The molecule has 0 N–H and O–H groups in total. The van der Waals surface area contributed by atoms with E-state index in [1.54, 1.807) is 4.68 Å². The van der Waals surface area contributed by atoms with Gasteiger partial charge in [-0.1, -0.05) is 12.1 Å². The largest absolute Gasteiger partial charge is 0.296 e. The van der Waals surface area contributed by atoms with Crippen molar-refractivity contribution in [3.63, 3.8) is 0 Å². The fourth-order valence-electron chi connectivity index (χ4n) is 1.60. The Bertz CT molecular complexity index is 471. The Hall–Kier alpha value is -1.64. The second-order valence-electron chi connectivity index (χ2n) is 3.10. The zero-order chi connectivity index (χ0) is 9.42. The summed E-state index contributed by atoms with van der Waals surface area (Å²) in [6.07, 6.45) is 0.801. The van der Waals surface area contributed by atoms with E-state index in [2.05, 4.69) is 5.10 Å². The highest BCUT2D eigenvalue weighted by Gasteiger charge is 2.08. The molecule has 13 heavy (non-hydrogen) atoms. The van der Waals surface area contributed by atoms with E-state index in [-0.39, 0.29) is 0 Å².